The molecule has 22 heavy (non-hydrogen) atoms. The van der Waals surface area contributed by atoms with Crippen molar-refractivity contribution >= 4 is 35.0 Å². The van der Waals surface area contributed by atoms with Crippen molar-refractivity contribution in [1.29, 1.82) is 5.26 Å². The van der Waals surface area contributed by atoms with Crippen molar-refractivity contribution in [2.24, 2.45) is 0 Å². The molecule has 1 heterocycles. The number of esters is 1. The number of thiophene rings is 1. The van der Waals surface area contributed by atoms with E-state index in [9.17, 15) is 9.59 Å². The lowest BCUT2D eigenvalue weighted by Crippen LogP contribution is -2.16. The molecule has 0 aliphatic carbocycles. The molecule has 0 aliphatic rings. The number of nitriles is 1. The Kier molecular flexibility index (Phi) is 5.07. The van der Waals surface area contributed by atoms with E-state index in [1.165, 1.54) is 30.6 Å². The first-order chi connectivity index (χ1) is 10.7. The van der Waals surface area contributed by atoms with Gasteiger partial charge < -0.3 is 10.1 Å². The van der Waals surface area contributed by atoms with Crippen molar-refractivity contribution in [3.63, 3.8) is 0 Å². The van der Waals surface area contributed by atoms with Crippen molar-refractivity contribution in [3.05, 3.63) is 57.8 Å². The minimum Gasteiger partial charge on any atom is -0.465 e. The van der Waals surface area contributed by atoms with Gasteiger partial charge in [-0.25, -0.2) is 4.79 Å². The summed E-state index contributed by atoms with van der Waals surface area (Å²) in [5, 5.41) is 13.5. The van der Waals surface area contributed by atoms with Crippen LogP contribution in [0.2, 0.25) is 0 Å². The number of rotatable bonds is 4. The second-order valence-corrected chi connectivity index (χ2v) is 5.16. The van der Waals surface area contributed by atoms with E-state index < -0.39 is 11.9 Å². The highest BCUT2D eigenvalue weighted by Crippen LogP contribution is 2.18. The average molecular weight is 312 g/mol. The van der Waals surface area contributed by atoms with Crippen LogP contribution in [-0.2, 0) is 9.53 Å². The Bertz CT molecular complexity index is 758. The first-order valence-electron chi connectivity index (χ1n) is 6.29. The molecule has 0 aliphatic heterocycles. The number of benzene rings is 1. The number of amides is 1. The van der Waals surface area contributed by atoms with Crippen LogP contribution in [0.1, 0.15) is 15.2 Å². The quantitative estimate of drug-likeness (QED) is 0.534. The summed E-state index contributed by atoms with van der Waals surface area (Å²) in [6.07, 6.45) is 1.50. The van der Waals surface area contributed by atoms with Crippen LogP contribution in [0.25, 0.3) is 6.08 Å². The van der Waals surface area contributed by atoms with Gasteiger partial charge in [0.1, 0.15) is 11.6 Å². The Hall–Kier alpha value is -2.91. The summed E-state index contributed by atoms with van der Waals surface area (Å²) in [5.41, 5.74) is 0.487. The Balaban J connectivity index is 2.25. The molecule has 0 saturated carbocycles. The third-order valence-electron chi connectivity index (χ3n) is 2.78. The number of para-hydroxylation sites is 1. The normalized spacial score (nSPS) is 10.6. The lowest BCUT2D eigenvalue weighted by Gasteiger charge is -2.08. The van der Waals surface area contributed by atoms with Crippen molar-refractivity contribution in [2.45, 2.75) is 0 Å². The summed E-state index contributed by atoms with van der Waals surface area (Å²) in [7, 11) is 1.26. The van der Waals surface area contributed by atoms with Gasteiger partial charge in [0, 0.05) is 4.88 Å². The summed E-state index contributed by atoms with van der Waals surface area (Å²) in [6, 6.07) is 11.9. The predicted octanol–water partition coefficient (Wildman–Crippen LogP) is 3.08. The fourth-order valence-electron chi connectivity index (χ4n) is 1.73. The summed E-state index contributed by atoms with van der Waals surface area (Å²) in [5.74, 6) is -1.14. The molecule has 110 valence electrons. The number of carbonyl (C=O) groups excluding carboxylic acids is 2. The topological polar surface area (TPSA) is 79.2 Å². The zero-order valence-corrected chi connectivity index (χ0v) is 12.5. The highest BCUT2D eigenvalue weighted by Gasteiger charge is 2.15. The lowest BCUT2D eigenvalue weighted by molar-refractivity contribution is -0.112. The van der Waals surface area contributed by atoms with Crippen LogP contribution in [0.3, 0.4) is 0 Å². The second kappa shape index (κ2) is 7.20. The number of ether oxygens (including phenoxy) is 1. The molecular weight excluding hydrogens is 300 g/mol. The van der Waals surface area contributed by atoms with E-state index >= 15 is 0 Å². The molecule has 1 amide bonds. The van der Waals surface area contributed by atoms with E-state index in [0.717, 1.165) is 4.88 Å². The van der Waals surface area contributed by atoms with Gasteiger partial charge in [0.15, 0.2) is 0 Å². The highest BCUT2D eigenvalue weighted by molar-refractivity contribution is 7.10. The first-order valence-corrected chi connectivity index (χ1v) is 7.17. The highest BCUT2D eigenvalue weighted by atomic mass is 32.1. The molecule has 1 aromatic heterocycles. The molecular formula is C16H12N2O3S. The molecule has 0 atom stereocenters. The SMILES string of the molecule is COC(=O)c1ccccc1NC(=O)C(C#N)=Cc1cccs1. The Morgan fingerprint density at radius 2 is 2.05 bits per heavy atom. The Morgan fingerprint density at radius 1 is 1.27 bits per heavy atom. The minimum atomic E-state index is -0.577. The van der Waals surface area contributed by atoms with Crippen LogP contribution < -0.4 is 5.32 Å². The van der Waals surface area contributed by atoms with E-state index in [2.05, 4.69) is 10.1 Å². The predicted molar refractivity (Wildman–Crippen MR) is 84.3 cm³/mol. The van der Waals surface area contributed by atoms with Crippen LogP contribution in [-0.4, -0.2) is 19.0 Å². The van der Waals surface area contributed by atoms with Crippen molar-refractivity contribution in [3.8, 4) is 6.07 Å². The van der Waals surface area contributed by atoms with E-state index in [4.69, 9.17) is 5.26 Å². The second-order valence-electron chi connectivity index (χ2n) is 4.18. The molecule has 0 radical (unpaired) electrons. The Morgan fingerprint density at radius 3 is 2.68 bits per heavy atom. The standard InChI is InChI=1S/C16H12N2O3S/c1-21-16(20)13-6-2-3-7-14(13)18-15(19)11(10-17)9-12-5-4-8-22-12/h2-9H,1H3,(H,18,19). The molecule has 0 unspecified atom stereocenters. The van der Waals surface area contributed by atoms with Gasteiger partial charge in [-0.1, -0.05) is 18.2 Å². The first kappa shape index (κ1) is 15.5. The third-order valence-corrected chi connectivity index (χ3v) is 3.59. The minimum absolute atomic E-state index is 0.0397. The molecule has 6 heteroatoms. The molecule has 2 rings (SSSR count). The molecule has 0 fully saturated rings. The van der Waals surface area contributed by atoms with E-state index in [-0.39, 0.29) is 11.1 Å². The van der Waals surface area contributed by atoms with Crippen molar-refractivity contribution in [2.75, 3.05) is 12.4 Å². The van der Waals surface area contributed by atoms with Gasteiger partial charge in [0.2, 0.25) is 0 Å². The van der Waals surface area contributed by atoms with Crippen LogP contribution >= 0.6 is 11.3 Å². The van der Waals surface area contributed by atoms with Gasteiger partial charge in [-0.2, -0.15) is 5.26 Å². The molecule has 0 spiro atoms. The van der Waals surface area contributed by atoms with Gasteiger partial charge >= 0.3 is 5.97 Å². The maximum atomic E-state index is 12.2. The number of hydrogen-bond acceptors (Lipinski definition) is 5. The van der Waals surface area contributed by atoms with E-state index in [1.54, 1.807) is 24.3 Å². The number of methoxy groups -OCH3 is 1. The summed E-state index contributed by atoms with van der Waals surface area (Å²) < 4.78 is 4.66. The zero-order valence-electron chi connectivity index (χ0n) is 11.7. The van der Waals surface area contributed by atoms with Crippen LogP contribution in [0.15, 0.2) is 47.4 Å². The summed E-state index contributed by atoms with van der Waals surface area (Å²) in [6.45, 7) is 0. The lowest BCUT2D eigenvalue weighted by atomic mass is 10.1. The van der Waals surface area contributed by atoms with Gasteiger partial charge in [-0.15, -0.1) is 11.3 Å². The maximum absolute atomic E-state index is 12.2. The third kappa shape index (κ3) is 3.59. The molecule has 0 bridgehead atoms. The molecule has 1 N–H and O–H groups in total. The Labute approximate surface area is 131 Å². The van der Waals surface area contributed by atoms with Crippen molar-refractivity contribution in [1.82, 2.24) is 0 Å². The molecule has 0 saturated heterocycles. The summed E-state index contributed by atoms with van der Waals surface area (Å²) in [4.78, 5) is 24.6. The summed E-state index contributed by atoms with van der Waals surface area (Å²) >= 11 is 1.42. The number of anilines is 1. The van der Waals surface area contributed by atoms with E-state index in [0.29, 0.717) is 5.69 Å². The van der Waals surface area contributed by atoms with Gasteiger partial charge in [-0.05, 0) is 29.7 Å². The maximum Gasteiger partial charge on any atom is 0.339 e. The number of carbonyl (C=O) groups is 2. The smallest absolute Gasteiger partial charge is 0.339 e. The van der Waals surface area contributed by atoms with Gasteiger partial charge in [0.05, 0.1) is 18.4 Å². The van der Waals surface area contributed by atoms with Gasteiger partial charge in [0.25, 0.3) is 5.91 Å². The monoisotopic (exact) mass is 312 g/mol. The largest absolute Gasteiger partial charge is 0.465 e. The molecule has 1 aromatic carbocycles. The van der Waals surface area contributed by atoms with E-state index in [1.807, 2.05) is 17.5 Å². The zero-order chi connectivity index (χ0) is 15.9. The fourth-order valence-corrected chi connectivity index (χ4v) is 2.39. The molecule has 5 nitrogen and oxygen atoms in total. The number of nitrogens with one attached hydrogen (secondary N) is 1. The average Bonchev–Trinajstić information content (AvgIpc) is 3.05. The fraction of sp³-hybridized carbons (Fsp3) is 0.0625. The van der Waals surface area contributed by atoms with Gasteiger partial charge in [-0.3, -0.25) is 4.79 Å². The number of hydrogen-bond donors (Lipinski definition) is 1. The molecule has 2 aromatic rings. The van der Waals surface area contributed by atoms with Crippen LogP contribution in [0.4, 0.5) is 5.69 Å². The van der Waals surface area contributed by atoms with Crippen LogP contribution in [0.5, 0.6) is 0 Å². The van der Waals surface area contributed by atoms with Crippen LogP contribution in [0, 0.1) is 11.3 Å². The van der Waals surface area contributed by atoms with Crippen molar-refractivity contribution < 1.29 is 14.3 Å². The number of nitrogens with zero attached hydrogens (tertiary/aromatic N) is 1.